The number of aliphatic carboxylic acids is 3. The molecule has 0 spiro atoms. The average molecular weight is 510 g/mol. The third-order valence-electron chi connectivity index (χ3n) is 4.95. The lowest BCUT2D eigenvalue weighted by atomic mass is 9.68. The van der Waals surface area contributed by atoms with Crippen LogP contribution >= 0.6 is 0 Å². The Hall–Kier alpha value is -3.26. The van der Waals surface area contributed by atoms with Crippen LogP contribution in [-0.4, -0.2) is 92.4 Å². The van der Waals surface area contributed by atoms with Gasteiger partial charge in [-0.2, -0.15) is 0 Å². The number of hydrogen-bond donors (Lipinski definition) is 5. The maximum absolute atomic E-state index is 11.7. The van der Waals surface area contributed by atoms with Gasteiger partial charge in [0.25, 0.3) is 0 Å². The van der Waals surface area contributed by atoms with Crippen molar-refractivity contribution in [1.82, 2.24) is 0 Å². The Kier molecular flexibility index (Phi) is 13.8. The number of hydrogen-bond acceptors (Lipinski definition) is 11. The van der Waals surface area contributed by atoms with E-state index in [9.17, 15) is 39.0 Å². The molecule has 2 unspecified atom stereocenters. The van der Waals surface area contributed by atoms with Crippen molar-refractivity contribution in [2.24, 2.45) is 11.3 Å². The zero-order valence-electron chi connectivity index (χ0n) is 20.5. The molecule has 0 aromatic heterocycles. The van der Waals surface area contributed by atoms with E-state index in [1.165, 1.54) is 0 Å². The summed E-state index contributed by atoms with van der Waals surface area (Å²) in [5.74, 6) is -9.43. The van der Waals surface area contributed by atoms with Crippen molar-refractivity contribution in [2.75, 3.05) is 19.8 Å². The van der Waals surface area contributed by atoms with Crippen LogP contribution in [0.3, 0.4) is 0 Å². The molecule has 2 atom stereocenters. The number of rotatable bonds is 13. The lowest BCUT2D eigenvalue weighted by Gasteiger charge is -2.38. The molecular formula is C21H34O14. The maximum atomic E-state index is 11.7. The summed E-state index contributed by atoms with van der Waals surface area (Å²) in [5.41, 5.74) is -7.27. The number of carboxylic acids is 3. The van der Waals surface area contributed by atoms with Crippen LogP contribution in [0.5, 0.6) is 0 Å². The van der Waals surface area contributed by atoms with Gasteiger partial charge >= 0.3 is 35.8 Å². The molecular weight excluding hydrogens is 476 g/mol. The summed E-state index contributed by atoms with van der Waals surface area (Å²) in [7, 11) is 0. The minimum absolute atomic E-state index is 0.0206. The van der Waals surface area contributed by atoms with E-state index in [2.05, 4.69) is 14.2 Å². The van der Waals surface area contributed by atoms with Crippen LogP contribution in [-0.2, 0) is 43.0 Å². The van der Waals surface area contributed by atoms with Gasteiger partial charge in [0.1, 0.15) is 5.41 Å². The average Bonchev–Trinajstić information content (AvgIpc) is 2.72. The third-order valence-corrected chi connectivity index (χ3v) is 4.95. The number of aliphatic hydroxyl groups is 2. The second-order valence-electron chi connectivity index (χ2n) is 7.78. The van der Waals surface area contributed by atoms with Crippen LogP contribution in [0, 0.1) is 11.3 Å². The number of esters is 3. The summed E-state index contributed by atoms with van der Waals surface area (Å²) >= 11 is 0. The topological polar surface area (TPSA) is 231 Å². The van der Waals surface area contributed by atoms with Gasteiger partial charge in [0.05, 0.1) is 38.6 Å². The highest BCUT2D eigenvalue weighted by Gasteiger charge is 2.60. The molecule has 5 N–H and O–H groups in total. The van der Waals surface area contributed by atoms with Gasteiger partial charge in [-0.05, 0) is 41.5 Å². The van der Waals surface area contributed by atoms with E-state index < -0.39 is 71.2 Å². The second-order valence-corrected chi connectivity index (χ2v) is 7.78. The lowest BCUT2D eigenvalue weighted by Crippen LogP contribution is -2.61. The van der Waals surface area contributed by atoms with Crippen LogP contribution in [0.25, 0.3) is 0 Å². The lowest BCUT2D eigenvalue weighted by molar-refractivity contribution is -0.198. The van der Waals surface area contributed by atoms with E-state index in [0.29, 0.717) is 0 Å². The summed E-state index contributed by atoms with van der Waals surface area (Å²) in [5, 5.41) is 46.4. The van der Waals surface area contributed by atoms with Gasteiger partial charge in [0.2, 0.25) is 0 Å². The predicted octanol–water partition coefficient (Wildman–Crippen LogP) is -0.179. The van der Waals surface area contributed by atoms with E-state index >= 15 is 0 Å². The molecule has 0 heterocycles. The number of carboxylic acid groups (broad SMARTS) is 3. The Morgan fingerprint density at radius 1 is 0.714 bits per heavy atom. The van der Waals surface area contributed by atoms with Crippen molar-refractivity contribution in [2.45, 2.75) is 65.6 Å². The molecule has 0 saturated heterocycles. The highest BCUT2D eigenvalue weighted by atomic mass is 16.6. The summed E-state index contributed by atoms with van der Waals surface area (Å²) in [6.45, 7) is 7.83. The number of carbonyl (C=O) groups is 6. The summed E-state index contributed by atoms with van der Waals surface area (Å²) in [6, 6.07) is 0. The SMILES string of the molecule is CC(C(=O)O)C(O)(C(=O)O)C(C)(C)C(=O)O.CCOC(=O)CC(O)(CC(=O)OCC)C(=O)OCC. The predicted molar refractivity (Wildman–Crippen MR) is 115 cm³/mol. The minimum Gasteiger partial charge on any atom is -0.481 e. The molecule has 0 aliphatic rings. The Morgan fingerprint density at radius 3 is 1.34 bits per heavy atom. The van der Waals surface area contributed by atoms with E-state index in [1.807, 2.05) is 0 Å². The summed E-state index contributed by atoms with van der Waals surface area (Å²) in [6.07, 6.45) is -1.31. The van der Waals surface area contributed by atoms with Crippen molar-refractivity contribution in [1.29, 1.82) is 0 Å². The molecule has 0 fully saturated rings. The normalized spacial score (nSPS) is 13.7. The molecule has 0 saturated carbocycles. The molecule has 0 radical (unpaired) electrons. The summed E-state index contributed by atoms with van der Waals surface area (Å²) < 4.78 is 14.0. The minimum atomic E-state index is -2.88. The highest BCUT2D eigenvalue weighted by molar-refractivity contribution is 5.92. The van der Waals surface area contributed by atoms with E-state index in [1.54, 1.807) is 20.8 Å². The molecule has 0 bridgehead atoms. The molecule has 0 aliphatic heterocycles. The zero-order chi connectivity index (χ0) is 28.2. The van der Waals surface area contributed by atoms with E-state index in [4.69, 9.17) is 15.3 Å². The van der Waals surface area contributed by atoms with Crippen molar-refractivity contribution in [3.8, 4) is 0 Å². The van der Waals surface area contributed by atoms with Gasteiger partial charge in [-0.25, -0.2) is 9.59 Å². The third kappa shape index (κ3) is 9.13. The van der Waals surface area contributed by atoms with Crippen LogP contribution in [0.15, 0.2) is 0 Å². The Labute approximate surface area is 201 Å². The van der Waals surface area contributed by atoms with Gasteiger partial charge < -0.3 is 39.7 Å². The molecule has 202 valence electrons. The van der Waals surface area contributed by atoms with Gasteiger partial charge in [-0.1, -0.05) is 0 Å². The molecule has 35 heavy (non-hydrogen) atoms. The fraction of sp³-hybridized carbons (Fsp3) is 0.714. The Bertz CT molecular complexity index is 767. The van der Waals surface area contributed by atoms with E-state index in [-0.39, 0.29) is 19.8 Å². The van der Waals surface area contributed by atoms with Gasteiger partial charge in [-0.3, -0.25) is 19.2 Å². The highest BCUT2D eigenvalue weighted by Crippen LogP contribution is 2.38. The van der Waals surface area contributed by atoms with Crippen LogP contribution in [0.2, 0.25) is 0 Å². The molecule has 0 amide bonds. The van der Waals surface area contributed by atoms with Crippen LogP contribution in [0.4, 0.5) is 0 Å². The molecule has 14 heteroatoms. The van der Waals surface area contributed by atoms with E-state index in [0.717, 1.165) is 20.8 Å². The number of carbonyl (C=O) groups excluding carboxylic acids is 3. The summed E-state index contributed by atoms with van der Waals surface area (Å²) in [4.78, 5) is 66.9. The van der Waals surface area contributed by atoms with Gasteiger partial charge in [0, 0.05) is 0 Å². The number of ether oxygens (including phenoxy) is 3. The molecule has 14 nitrogen and oxygen atoms in total. The largest absolute Gasteiger partial charge is 0.481 e. The van der Waals surface area contributed by atoms with Crippen molar-refractivity contribution >= 4 is 35.8 Å². The van der Waals surface area contributed by atoms with Crippen molar-refractivity contribution < 1.29 is 68.5 Å². The molecule has 0 aromatic rings. The quantitative estimate of drug-likeness (QED) is 0.160. The maximum Gasteiger partial charge on any atom is 0.339 e. The van der Waals surface area contributed by atoms with Gasteiger partial charge in [-0.15, -0.1) is 0 Å². The van der Waals surface area contributed by atoms with Crippen LogP contribution in [0.1, 0.15) is 54.4 Å². The second kappa shape index (κ2) is 14.2. The Balaban J connectivity index is 0. The standard InChI is InChI=1S/C12H20O7.C9H14O7/c1-4-17-9(13)7-12(16,11(15)19-6-3)8-10(14)18-5-2;1-4(5(10)11)9(16,7(14)15)8(2,3)6(12)13/h16H,4-8H2,1-3H3;4,16H,1-3H3,(H,10,11)(H,12,13)(H,14,15). The molecule has 0 rings (SSSR count). The van der Waals surface area contributed by atoms with Crippen molar-refractivity contribution in [3.05, 3.63) is 0 Å². The first-order valence-electron chi connectivity index (χ1n) is 10.5. The molecule has 0 aliphatic carbocycles. The first-order valence-corrected chi connectivity index (χ1v) is 10.5. The Morgan fingerprint density at radius 2 is 1.09 bits per heavy atom. The fourth-order valence-electron chi connectivity index (χ4n) is 2.71. The molecule has 0 aromatic carbocycles. The monoisotopic (exact) mass is 510 g/mol. The first-order chi connectivity index (χ1) is 15.9. The zero-order valence-corrected chi connectivity index (χ0v) is 20.5. The van der Waals surface area contributed by atoms with Crippen molar-refractivity contribution in [3.63, 3.8) is 0 Å². The fourth-order valence-corrected chi connectivity index (χ4v) is 2.71. The first kappa shape index (κ1) is 33.9. The van der Waals surface area contributed by atoms with Gasteiger partial charge in [0.15, 0.2) is 11.2 Å². The van der Waals surface area contributed by atoms with Crippen LogP contribution < -0.4 is 0 Å². The smallest absolute Gasteiger partial charge is 0.339 e.